The first-order chi connectivity index (χ1) is 10.6. The average molecular weight is 401 g/mol. The molecule has 2 N–H and O–H groups in total. The third-order valence-corrected chi connectivity index (χ3v) is 4.16. The van der Waals surface area contributed by atoms with Crippen molar-refractivity contribution in [1.82, 2.24) is 0 Å². The number of hydrogen-bond donors (Lipinski definition) is 0. The standard InChI is InChI=1S/2C6H5.2C3H8N.2Zn/c2*1-2-4-6-5-3-1;2*1-2-3-4;;/h2*1-5H;2*4H,2-3H2,1H3;;/q;;2*-1;2*+1. The second-order valence-electron chi connectivity index (χ2n) is 4.47. The zero-order valence-corrected chi connectivity index (χ0v) is 20.0. The zero-order chi connectivity index (χ0) is 17.1. The van der Waals surface area contributed by atoms with Gasteiger partial charge < -0.3 is 11.5 Å². The van der Waals surface area contributed by atoms with Gasteiger partial charge >= 0.3 is 106 Å². The monoisotopic (exact) mass is 398 g/mol. The Bertz CT molecular complexity index is 362. The van der Waals surface area contributed by atoms with Gasteiger partial charge in [0.05, 0.1) is 0 Å². The maximum absolute atomic E-state index is 6.45. The third kappa shape index (κ3) is 21.9. The Morgan fingerprint density at radius 2 is 0.864 bits per heavy atom. The SMILES string of the molecule is CCC[NH-].CCC[NH-].[Zn+][c]1ccccc1.[Zn+][c]1ccccc1. The molecule has 0 saturated heterocycles. The van der Waals surface area contributed by atoms with E-state index in [0.29, 0.717) is 13.1 Å². The van der Waals surface area contributed by atoms with Crippen LogP contribution in [0.25, 0.3) is 11.5 Å². The van der Waals surface area contributed by atoms with Gasteiger partial charge in [-0.1, -0.05) is 26.7 Å². The topological polar surface area (TPSA) is 47.6 Å². The molecule has 2 aromatic carbocycles. The molecule has 0 unspecified atom stereocenters. The summed E-state index contributed by atoms with van der Waals surface area (Å²) in [5.74, 6) is 0. The molecule has 0 fully saturated rings. The first-order valence-electron chi connectivity index (χ1n) is 7.65. The molecule has 2 rings (SSSR count). The predicted octanol–water partition coefficient (Wildman–Crippen LogP) is 4.61. The maximum atomic E-state index is 6.45. The Labute approximate surface area is 156 Å². The van der Waals surface area contributed by atoms with E-state index in [4.69, 9.17) is 11.5 Å². The second-order valence-corrected chi connectivity index (χ2v) is 7.90. The van der Waals surface area contributed by atoms with Crippen molar-refractivity contribution < 1.29 is 36.6 Å². The molecule has 2 aromatic rings. The Kier molecular flexibility index (Phi) is 22.4. The molecule has 0 bridgehead atoms. The van der Waals surface area contributed by atoms with Crippen molar-refractivity contribution in [3.05, 3.63) is 72.1 Å². The Hall–Kier alpha value is -0.393. The summed E-state index contributed by atoms with van der Waals surface area (Å²) in [5.41, 5.74) is 12.9. The van der Waals surface area contributed by atoms with Crippen molar-refractivity contribution in [2.24, 2.45) is 0 Å². The fourth-order valence-electron chi connectivity index (χ4n) is 0.956. The summed E-state index contributed by atoms with van der Waals surface area (Å²) in [4.78, 5) is 0. The van der Waals surface area contributed by atoms with E-state index in [1.165, 1.54) is 44.9 Å². The molecular formula is C18H26N2Zn2. The van der Waals surface area contributed by atoms with Gasteiger partial charge in [0.1, 0.15) is 0 Å². The van der Waals surface area contributed by atoms with Crippen LogP contribution in [-0.2, 0) is 36.6 Å². The van der Waals surface area contributed by atoms with Gasteiger partial charge in [0.2, 0.25) is 0 Å². The van der Waals surface area contributed by atoms with Gasteiger partial charge in [-0.25, -0.2) is 0 Å². The molecule has 0 amide bonds. The summed E-state index contributed by atoms with van der Waals surface area (Å²) in [6.45, 7) is 5.12. The summed E-state index contributed by atoms with van der Waals surface area (Å²) in [6.07, 6.45) is 1.97. The Morgan fingerprint density at radius 1 is 0.636 bits per heavy atom. The Balaban J connectivity index is 0. The molecule has 0 aliphatic carbocycles. The second kappa shape index (κ2) is 20.6. The van der Waals surface area contributed by atoms with Gasteiger partial charge in [-0.2, -0.15) is 13.1 Å². The van der Waals surface area contributed by atoms with Gasteiger partial charge in [-0.15, -0.1) is 0 Å². The van der Waals surface area contributed by atoms with Gasteiger partial charge in [0, 0.05) is 0 Å². The van der Waals surface area contributed by atoms with E-state index in [9.17, 15) is 0 Å². The van der Waals surface area contributed by atoms with Gasteiger partial charge in [0.25, 0.3) is 0 Å². The van der Waals surface area contributed by atoms with Gasteiger partial charge in [-0.05, 0) is 0 Å². The fourth-order valence-corrected chi connectivity index (χ4v) is 2.10. The average Bonchev–Trinajstić information content (AvgIpc) is 2.57. The van der Waals surface area contributed by atoms with Crippen LogP contribution in [0.3, 0.4) is 0 Å². The van der Waals surface area contributed by atoms with Crippen LogP contribution in [-0.4, -0.2) is 13.1 Å². The molecule has 0 heterocycles. The van der Waals surface area contributed by atoms with Crippen LogP contribution < -0.4 is 8.32 Å². The molecular weight excluding hydrogens is 375 g/mol. The number of nitrogens with one attached hydrogen (secondary N) is 2. The first kappa shape index (κ1) is 23.9. The van der Waals surface area contributed by atoms with Crippen molar-refractivity contribution in [2.45, 2.75) is 26.7 Å². The van der Waals surface area contributed by atoms with Crippen LogP contribution in [0, 0.1) is 0 Å². The van der Waals surface area contributed by atoms with E-state index < -0.39 is 0 Å². The van der Waals surface area contributed by atoms with Crippen molar-refractivity contribution in [3.8, 4) is 0 Å². The minimum absolute atomic E-state index is 0.569. The normalized spacial score (nSPS) is 8.36. The van der Waals surface area contributed by atoms with Crippen molar-refractivity contribution >= 4 is 8.32 Å². The predicted molar refractivity (Wildman–Crippen MR) is 91.1 cm³/mol. The Morgan fingerprint density at radius 3 is 0.955 bits per heavy atom. The number of hydrogen-bond acceptors (Lipinski definition) is 0. The van der Waals surface area contributed by atoms with E-state index in [1.54, 1.807) is 0 Å². The molecule has 112 valence electrons. The van der Waals surface area contributed by atoms with Crippen LogP contribution in [0.4, 0.5) is 0 Å². The summed E-state index contributed by atoms with van der Waals surface area (Å²) < 4.78 is 2.89. The van der Waals surface area contributed by atoms with Gasteiger partial charge in [0.15, 0.2) is 0 Å². The van der Waals surface area contributed by atoms with Crippen LogP contribution in [0.15, 0.2) is 60.7 Å². The molecule has 0 aliphatic rings. The van der Waals surface area contributed by atoms with Crippen LogP contribution in [0.1, 0.15) is 26.7 Å². The molecule has 0 saturated carbocycles. The van der Waals surface area contributed by atoms with E-state index in [2.05, 4.69) is 48.5 Å². The fraction of sp³-hybridized carbons (Fsp3) is 0.333. The summed E-state index contributed by atoms with van der Waals surface area (Å²) >= 11 is 2.53. The molecule has 0 spiro atoms. The molecule has 0 aromatic heterocycles. The summed E-state index contributed by atoms with van der Waals surface area (Å²) in [7, 11) is 0. The van der Waals surface area contributed by atoms with E-state index in [-0.39, 0.29) is 0 Å². The third-order valence-electron chi connectivity index (χ3n) is 2.19. The number of benzene rings is 2. The van der Waals surface area contributed by atoms with Crippen LogP contribution in [0.5, 0.6) is 0 Å². The van der Waals surface area contributed by atoms with Crippen molar-refractivity contribution in [3.63, 3.8) is 0 Å². The summed E-state index contributed by atoms with van der Waals surface area (Å²) in [5, 5.41) is 0. The van der Waals surface area contributed by atoms with E-state index >= 15 is 0 Å². The quantitative estimate of drug-likeness (QED) is 0.660. The molecule has 4 heteroatoms. The molecule has 0 aliphatic heterocycles. The van der Waals surface area contributed by atoms with Crippen molar-refractivity contribution in [2.75, 3.05) is 13.1 Å². The van der Waals surface area contributed by atoms with Crippen molar-refractivity contribution in [1.29, 1.82) is 0 Å². The zero-order valence-electron chi connectivity index (χ0n) is 14.0. The first-order valence-corrected chi connectivity index (χ1v) is 10.6. The van der Waals surface area contributed by atoms with Crippen LogP contribution >= 0.6 is 0 Å². The van der Waals surface area contributed by atoms with E-state index in [0.717, 1.165) is 12.8 Å². The molecule has 22 heavy (non-hydrogen) atoms. The van der Waals surface area contributed by atoms with E-state index in [1.807, 2.05) is 26.0 Å². The van der Waals surface area contributed by atoms with Crippen LogP contribution in [0.2, 0.25) is 0 Å². The van der Waals surface area contributed by atoms with Gasteiger partial charge in [-0.3, -0.25) is 0 Å². The molecule has 0 radical (unpaired) electrons. The summed E-state index contributed by atoms with van der Waals surface area (Å²) in [6, 6.07) is 20.9. The molecule has 0 atom stereocenters. The molecule has 2 nitrogen and oxygen atoms in total. The minimum atomic E-state index is 0.569. The number of rotatable bonds is 2.